The van der Waals surface area contributed by atoms with E-state index in [1.807, 2.05) is 0 Å². The topological polar surface area (TPSA) is 15.7 Å². The molecular weight excluding hydrogens is 439 g/mol. The van der Waals surface area contributed by atoms with Crippen LogP contribution in [0.5, 0.6) is 0 Å². The highest BCUT2D eigenvalue weighted by molar-refractivity contribution is 5.85. The van der Waals surface area contributed by atoms with Crippen LogP contribution >= 0.6 is 24.8 Å². The summed E-state index contributed by atoms with van der Waals surface area (Å²) in [5.41, 5.74) is 5.44. The van der Waals surface area contributed by atoms with Crippen LogP contribution in [0.3, 0.4) is 0 Å². The lowest BCUT2D eigenvalue weighted by atomic mass is 9.70. The van der Waals surface area contributed by atoms with Gasteiger partial charge in [0.15, 0.2) is 0 Å². The Kier molecular flexibility index (Phi) is 8.61. The van der Waals surface area contributed by atoms with E-state index in [9.17, 15) is 0 Å². The normalized spacial score (nSPS) is 20.6. The molecule has 3 aromatic rings. The molecule has 1 atom stereocenters. The average molecular weight is 471 g/mol. The minimum atomic E-state index is -0.0628. The predicted octanol–water partition coefficient (Wildman–Crippen LogP) is 5.56. The molecule has 3 aromatic carbocycles. The van der Waals surface area contributed by atoms with Crippen LogP contribution in [0.4, 0.5) is 5.69 Å². The van der Waals surface area contributed by atoms with Crippen molar-refractivity contribution in [1.82, 2.24) is 4.90 Å². The number of hydrogen-bond donors (Lipinski definition) is 0. The van der Waals surface area contributed by atoms with E-state index in [1.54, 1.807) is 0 Å². The number of piperazine rings is 1. The van der Waals surface area contributed by atoms with E-state index in [0.717, 1.165) is 52.4 Å². The van der Waals surface area contributed by atoms with Crippen LogP contribution in [0.25, 0.3) is 0 Å². The molecule has 0 aromatic heterocycles. The molecule has 3 nitrogen and oxygen atoms in total. The summed E-state index contributed by atoms with van der Waals surface area (Å²) in [4.78, 5) is 5.13. The van der Waals surface area contributed by atoms with Gasteiger partial charge in [0.1, 0.15) is 0 Å². The highest BCUT2D eigenvalue weighted by Crippen LogP contribution is 2.41. The summed E-state index contributed by atoms with van der Waals surface area (Å²) >= 11 is 0. The summed E-state index contributed by atoms with van der Waals surface area (Å²) in [7, 11) is 0. The maximum absolute atomic E-state index is 6.15. The molecule has 5 heteroatoms. The second-order valence-electron chi connectivity index (χ2n) is 8.51. The van der Waals surface area contributed by atoms with Gasteiger partial charge >= 0.3 is 0 Å². The molecule has 0 spiro atoms. The first-order chi connectivity index (χ1) is 14.9. The van der Waals surface area contributed by atoms with Gasteiger partial charge in [-0.1, -0.05) is 72.8 Å². The average Bonchev–Trinajstić information content (AvgIpc) is 2.84. The fourth-order valence-electron chi connectivity index (χ4n) is 5.09. The lowest BCUT2D eigenvalue weighted by molar-refractivity contribution is 0.0572. The number of ether oxygens (including phenoxy) is 1. The van der Waals surface area contributed by atoms with Gasteiger partial charge < -0.3 is 9.64 Å². The van der Waals surface area contributed by atoms with Crippen molar-refractivity contribution in [2.75, 3.05) is 44.2 Å². The number of anilines is 1. The van der Waals surface area contributed by atoms with Crippen molar-refractivity contribution in [1.29, 1.82) is 0 Å². The van der Waals surface area contributed by atoms with Crippen LogP contribution in [0.2, 0.25) is 0 Å². The van der Waals surface area contributed by atoms with E-state index in [4.69, 9.17) is 4.74 Å². The van der Waals surface area contributed by atoms with Crippen LogP contribution < -0.4 is 4.90 Å². The van der Waals surface area contributed by atoms with Gasteiger partial charge in [-0.3, -0.25) is 4.90 Å². The molecule has 0 bridgehead atoms. The molecule has 0 N–H and O–H groups in total. The van der Waals surface area contributed by atoms with Crippen molar-refractivity contribution >= 4 is 30.5 Å². The largest absolute Gasteiger partial charge is 0.375 e. The molecule has 32 heavy (non-hydrogen) atoms. The summed E-state index contributed by atoms with van der Waals surface area (Å²) in [6, 6.07) is 30.6. The molecule has 0 aliphatic carbocycles. The number of fused-ring (bicyclic) bond motifs is 1. The van der Waals surface area contributed by atoms with E-state index < -0.39 is 0 Å². The second kappa shape index (κ2) is 11.2. The first-order valence-corrected chi connectivity index (χ1v) is 11.1. The highest BCUT2D eigenvalue weighted by Gasteiger charge is 2.39. The summed E-state index contributed by atoms with van der Waals surface area (Å²) in [6.45, 7) is 6.99. The molecule has 1 fully saturated rings. The molecule has 1 unspecified atom stereocenters. The van der Waals surface area contributed by atoms with Gasteiger partial charge in [-0.2, -0.15) is 0 Å². The molecular formula is C27H32Cl2N2O. The van der Waals surface area contributed by atoms with Gasteiger partial charge in [0.2, 0.25) is 0 Å². The zero-order valence-corrected chi connectivity index (χ0v) is 20.0. The van der Waals surface area contributed by atoms with Crippen LogP contribution in [0.15, 0.2) is 84.9 Å². The number of benzene rings is 3. The minimum absolute atomic E-state index is 0. The van der Waals surface area contributed by atoms with Crippen molar-refractivity contribution in [3.63, 3.8) is 0 Å². The van der Waals surface area contributed by atoms with Crippen LogP contribution in [0, 0.1) is 0 Å². The van der Waals surface area contributed by atoms with E-state index in [2.05, 4.69) is 94.7 Å². The van der Waals surface area contributed by atoms with Crippen LogP contribution in [-0.4, -0.2) is 44.2 Å². The third-order valence-corrected chi connectivity index (χ3v) is 6.81. The number of para-hydroxylation sites is 1. The smallest absolute Gasteiger partial charge is 0.0720 e. The third-order valence-electron chi connectivity index (χ3n) is 6.81. The Morgan fingerprint density at radius 1 is 0.719 bits per heavy atom. The zero-order chi connectivity index (χ0) is 20.2. The molecule has 2 heterocycles. The monoisotopic (exact) mass is 470 g/mol. The van der Waals surface area contributed by atoms with E-state index in [0.29, 0.717) is 0 Å². The summed E-state index contributed by atoms with van der Waals surface area (Å²) in [5.74, 6) is 0. The molecule has 5 rings (SSSR count). The molecule has 2 aliphatic heterocycles. The SMILES string of the molecule is Cl.Cl.c1ccc(N2CCN(CCC3(c4ccccc4)COCc4ccccc43)CC2)cc1. The van der Waals surface area contributed by atoms with Crippen molar-refractivity contribution in [3.8, 4) is 0 Å². The Bertz CT molecular complexity index is 962. The maximum atomic E-state index is 6.15. The summed E-state index contributed by atoms with van der Waals surface area (Å²) < 4.78 is 6.15. The first kappa shape index (κ1) is 24.6. The molecule has 170 valence electrons. The molecule has 0 amide bonds. The lowest BCUT2D eigenvalue weighted by Crippen LogP contribution is -2.48. The maximum Gasteiger partial charge on any atom is 0.0720 e. The molecule has 0 radical (unpaired) electrons. The standard InChI is InChI=1S/C27H30N2O.2ClH/c1-3-10-24(11-4-1)27(22-30-21-23-9-7-8-14-26(23)27)15-16-28-17-19-29(20-18-28)25-12-5-2-6-13-25;;/h1-14H,15-22H2;2*1H. The third kappa shape index (κ3) is 4.97. The Labute approximate surface area is 204 Å². The van der Waals surface area contributed by atoms with Gasteiger partial charge in [-0.25, -0.2) is 0 Å². The Morgan fingerprint density at radius 2 is 1.34 bits per heavy atom. The van der Waals surface area contributed by atoms with Crippen molar-refractivity contribution in [2.24, 2.45) is 0 Å². The molecule has 1 saturated heterocycles. The van der Waals surface area contributed by atoms with Crippen LogP contribution in [0.1, 0.15) is 23.1 Å². The van der Waals surface area contributed by atoms with Crippen molar-refractivity contribution in [2.45, 2.75) is 18.4 Å². The first-order valence-electron chi connectivity index (χ1n) is 11.1. The Morgan fingerprint density at radius 3 is 2.06 bits per heavy atom. The fraction of sp³-hybridized carbons (Fsp3) is 0.333. The van der Waals surface area contributed by atoms with E-state index >= 15 is 0 Å². The van der Waals surface area contributed by atoms with Gasteiger partial charge in [-0.15, -0.1) is 24.8 Å². The van der Waals surface area contributed by atoms with Crippen molar-refractivity contribution in [3.05, 3.63) is 102 Å². The lowest BCUT2D eigenvalue weighted by Gasteiger charge is -2.42. The zero-order valence-electron chi connectivity index (χ0n) is 18.4. The van der Waals surface area contributed by atoms with E-state index in [1.165, 1.54) is 22.4 Å². The highest BCUT2D eigenvalue weighted by atomic mass is 35.5. The summed E-state index contributed by atoms with van der Waals surface area (Å²) in [5, 5.41) is 0. The molecule has 2 aliphatic rings. The molecule has 0 saturated carbocycles. The Balaban J connectivity index is 0.00000144. The quantitative estimate of drug-likeness (QED) is 0.485. The van der Waals surface area contributed by atoms with Crippen LogP contribution in [-0.2, 0) is 16.8 Å². The van der Waals surface area contributed by atoms with Gasteiger partial charge in [0.25, 0.3) is 0 Å². The van der Waals surface area contributed by atoms with Gasteiger partial charge in [0, 0.05) is 37.3 Å². The van der Waals surface area contributed by atoms with Gasteiger partial charge in [0.05, 0.1) is 13.2 Å². The van der Waals surface area contributed by atoms with E-state index in [-0.39, 0.29) is 30.2 Å². The Hall–Kier alpha value is -2.04. The fourth-order valence-corrected chi connectivity index (χ4v) is 5.09. The minimum Gasteiger partial charge on any atom is -0.375 e. The van der Waals surface area contributed by atoms with Gasteiger partial charge in [-0.05, 0) is 41.8 Å². The number of hydrogen-bond acceptors (Lipinski definition) is 3. The van der Waals surface area contributed by atoms with Crippen molar-refractivity contribution < 1.29 is 4.74 Å². The number of rotatable bonds is 5. The second-order valence-corrected chi connectivity index (χ2v) is 8.51. The number of halogens is 2. The summed E-state index contributed by atoms with van der Waals surface area (Å²) in [6.07, 6.45) is 1.08. The predicted molar refractivity (Wildman–Crippen MR) is 138 cm³/mol. The number of nitrogens with zero attached hydrogens (tertiary/aromatic N) is 2.